The third-order valence-corrected chi connectivity index (χ3v) is 6.29. The third kappa shape index (κ3) is 3.68. The molecule has 1 unspecified atom stereocenters. The summed E-state index contributed by atoms with van der Waals surface area (Å²) in [6, 6.07) is 15.5. The predicted octanol–water partition coefficient (Wildman–Crippen LogP) is 2.24. The number of hydrogen-bond donors (Lipinski definition) is 0. The molecule has 0 N–H and O–H groups in total. The average molecular weight is 368 g/mol. The molecule has 7 heteroatoms. The zero-order valence-electron chi connectivity index (χ0n) is 14.3. The summed E-state index contributed by atoms with van der Waals surface area (Å²) in [5.74, 6) is 1.13. The van der Waals surface area contributed by atoms with Crippen molar-refractivity contribution >= 4 is 9.84 Å². The van der Waals surface area contributed by atoms with E-state index in [2.05, 4.69) is 15.0 Å². The molecule has 0 bridgehead atoms. The lowest BCUT2D eigenvalue weighted by molar-refractivity contribution is 0.206. The molecule has 1 saturated heterocycles. The molecule has 0 radical (unpaired) electrons. The molecule has 3 aromatic rings. The van der Waals surface area contributed by atoms with Crippen LogP contribution in [-0.2, 0) is 16.4 Å². The van der Waals surface area contributed by atoms with Crippen molar-refractivity contribution in [3.8, 4) is 5.82 Å². The highest BCUT2D eigenvalue weighted by atomic mass is 32.2. The van der Waals surface area contributed by atoms with Gasteiger partial charge in [-0.25, -0.2) is 18.1 Å². The fraction of sp³-hybridized carbons (Fsp3) is 0.263. The molecule has 2 aromatic heterocycles. The van der Waals surface area contributed by atoms with Crippen LogP contribution in [0.4, 0.5) is 0 Å². The standard InChI is InChI=1S/C19H20N4O2S/c24-26(25)12-11-22(18(15-26)17-5-2-1-3-6-17)14-16-7-8-19(20-13-16)23-10-4-9-21-23/h1-10,13,18H,11-12,14-15H2. The Balaban J connectivity index is 1.55. The molecule has 0 saturated carbocycles. The summed E-state index contributed by atoms with van der Waals surface area (Å²) in [4.78, 5) is 6.69. The molecule has 0 spiro atoms. The molecular weight excluding hydrogens is 348 g/mol. The molecule has 26 heavy (non-hydrogen) atoms. The van der Waals surface area contributed by atoms with E-state index in [1.807, 2.05) is 60.9 Å². The summed E-state index contributed by atoms with van der Waals surface area (Å²) in [6.45, 7) is 1.20. The Bertz CT molecular complexity index is 955. The van der Waals surface area contributed by atoms with Crippen LogP contribution >= 0.6 is 0 Å². The molecule has 3 heterocycles. The van der Waals surface area contributed by atoms with Crippen molar-refractivity contribution in [2.24, 2.45) is 0 Å². The van der Waals surface area contributed by atoms with E-state index in [0.717, 1.165) is 16.9 Å². The predicted molar refractivity (Wildman–Crippen MR) is 99.6 cm³/mol. The average Bonchev–Trinajstić information content (AvgIpc) is 3.19. The topological polar surface area (TPSA) is 68.1 Å². The van der Waals surface area contributed by atoms with Gasteiger partial charge in [-0.2, -0.15) is 5.10 Å². The van der Waals surface area contributed by atoms with Gasteiger partial charge in [0.05, 0.1) is 11.5 Å². The quantitative estimate of drug-likeness (QED) is 0.706. The second-order valence-electron chi connectivity index (χ2n) is 6.49. The number of pyridine rings is 1. The number of nitrogens with zero attached hydrogens (tertiary/aromatic N) is 4. The first-order valence-electron chi connectivity index (χ1n) is 8.55. The van der Waals surface area contributed by atoms with Crippen LogP contribution in [0, 0.1) is 0 Å². The highest BCUT2D eigenvalue weighted by Crippen LogP contribution is 2.28. The Labute approximate surface area is 153 Å². The first-order valence-corrected chi connectivity index (χ1v) is 10.4. The van der Waals surface area contributed by atoms with Crippen LogP contribution in [0.15, 0.2) is 67.1 Å². The van der Waals surface area contributed by atoms with Gasteiger partial charge in [-0.15, -0.1) is 0 Å². The van der Waals surface area contributed by atoms with E-state index in [1.54, 1.807) is 10.9 Å². The molecular formula is C19H20N4O2S. The Hall–Kier alpha value is -2.51. The number of sulfone groups is 1. The first kappa shape index (κ1) is 16.9. The van der Waals surface area contributed by atoms with Gasteiger partial charge in [-0.05, 0) is 23.3 Å². The second-order valence-corrected chi connectivity index (χ2v) is 8.72. The van der Waals surface area contributed by atoms with Gasteiger partial charge in [0.15, 0.2) is 15.7 Å². The summed E-state index contributed by atoms with van der Waals surface area (Å²) < 4.78 is 26.0. The largest absolute Gasteiger partial charge is 0.290 e. The van der Waals surface area contributed by atoms with Crippen LogP contribution < -0.4 is 0 Å². The highest BCUT2D eigenvalue weighted by Gasteiger charge is 2.32. The van der Waals surface area contributed by atoms with Crippen LogP contribution in [0.3, 0.4) is 0 Å². The lowest BCUT2D eigenvalue weighted by Gasteiger charge is -2.35. The van der Waals surface area contributed by atoms with Crippen molar-refractivity contribution in [3.05, 3.63) is 78.2 Å². The molecule has 4 rings (SSSR count). The van der Waals surface area contributed by atoms with E-state index in [0.29, 0.717) is 13.1 Å². The molecule has 0 amide bonds. The van der Waals surface area contributed by atoms with E-state index in [-0.39, 0.29) is 17.5 Å². The Morgan fingerprint density at radius 3 is 2.62 bits per heavy atom. The van der Waals surface area contributed by atoms with Gasteiger partial charge >= 0.3 is 0 Å². The van der Waals surface area contributed by atoms with Crippen LogP contribution in [0.2, 0.25) is 0 Å². The van der Waals surface area contributed by atoms with Crippen molar-refractivity contribution in [1.29, 1.82) is 0 Å². The van der Waals surface area contributed by atoms with Crippen LogP contribution in [0.25, 0.3) is 5.82 Å². The molecule has 6 nitrogen and oxygen atoms in total. The summed E-state index contributed by atoms with van der Waals surface area (Å²) in [6.07, 6.45) is 5.40. The summed E-state index contributed by atoms with van der Waals surface area (Å²) in [7, 11) is -3.01. The summed E-state index contributed by atoms with van der Waals surface area (Å²) in [5.41, 5.74) is 2.10. The fourth-order valence-corrected chi connectivity index (χ4v) is 4.86. The van der Waals surface area contributed by atoms with Gasteiger partial charge in [-0.3, -0.25) is 4.90 Å². The Morgan fingerprint density at radius 1 is 1.08 bits per heavy atom. The number of aromatic nitrogens is 3. The number of benzene rings is 1. The van der Waals surface area contributed by atoms with Crippen molar-refractivity contribution < 1.29 is 8.42 Å². The van der Waals surface area contributed by atoms with E-state index in [9.17, 15) is 8.42 Å². The molecule has 1 aliphatic rings. The van der Waals surface area contributed by atoms with E-state index in [1.165, 1.54) is 0 Å². The molecule has 1 aliphatic heterocycles. The first-order chi connectivity index (χ1) is 12.6. The van der Waals surface area contributed by atoms with Crippen molar-refractivity contribution in [2.75, 3.05) is 18.1 Å². The van der Waals surface area contributed by atoms with E-state index < -0.39 is 9.84 Å². The van der Waals surface area contributed by atoms with Gasteiger partial charge < -0.3 is 0 Å². The molecule has 1 aromatic carbocycles. The van der Waals surface area contributed by atoms with Gasteiger partial charge in [0, 0.05) is 37.7 Å². The minimum atomic E-state index is -3.01. The minimum Gasteiger partial charge on any atom is -0.290 e. The lowest BCUT2D eigenvalue weighted by Crippen LogP contribution is -2.42. The van der Waals surface area contributed by atoms with Crippen molar-refractivity contribution in [1.82, 2.24) is 19.7 Å². The zero-order valence-corrected chi connectivity index (χ0v) is 15.1. The van der Waals surface area contributed by atoms with Crippen molar-refractivity contribution in [2.45, 2.75) is 12.6 Å². The summed E-state index contributed by atoms with van der Waals surface area (Å²) in [5, 5.41) is 4.18. The molecule has 1 atom stereocenters. The van der Waals surface area contributed by atoms with Crippen LogP contribution in [-0.4, -0.2) is 46.1 Å². The van der Waals surface area contributed by atoms with E-state index >= 15 is 0 Å². The summed E-state index contributed by atoms with van der Waals surface area (Å²) >= 11 is 0. The molecule has 0 aliphatic carbocycles. The van der Waals surface area contributed by atoms with Crippen LogP contribution in [0.5, 0.6) is 0 Å². The molecule has 1 fully saturated rings. The SMILES string of the molecule is O=S1(=O)CCN(Cc2ccc(-n3cccn3)nc2)C(c2ccccc2)C1. The second kappa shape index (κ2) is 7.01. The monoisotopic (exact) mass is 368 g/mol. The maximum absolute atomic E-state index is 12.2. The number of rotatable bonds is 4. The number of hydrogen-bond acceptors (Lipinski definition) is 5. The smallest absolute Gasteiger partial charge is 0.153 e. The highest BCUT2D eigenvalue weighted by molar-refractivity contribution is 7.91. The third-order valence-electron chi connectivity index (χ3n) is 4.66. The fourth-order valence-electron chi connectivity index (χ4n) is 3.30. The van der Waals surface area contributed by atoms with Gasteiger partial charge in [0.2, 0.25) is 0 Å². The maximum atomic E-state index is 12.2. The lowest BCUT2D eigenvalue weighted by atomic mass is 10.1. The van der Waals surface area contributed by atoms with Crippen LogP contribution in [0.1, 0.15) is 17.2 Å². The van der Waals surface area contributed by atoms with Crippen molar-refractivity contribution in [3.63, 3.8) is 0 Å². The molecule has 134 valence electrons. The van der Waals surface area contributed by atoms with E-state index in [4.69, 9.17) is 0 Å². The normalized spacial score (nSPS) is 20.1. The van der Waals surface area contributed by atoms with Gasteiger partial charge in [0.1, 0.15) is 0 Å². The maximum Gasteiger partial charge on any atom is 0.153 e. The zero-order chi connectivity index (χ0) is 18.0. The minimum absolute atomic E-state index is 0.124. The Morgan fingerprint density at radius 2 is 1.92 bits per heavy atom. The van der Waals surface area contributed by atoms with Gasteiger partial charge in [0.25, 0.3) is 0 Å². The van der Waals surface area contributed by atoms with Gasteiger partial charge in [-0.1, -0.05) is 36.4 Å². The Kier molecular flexibility index (Phi) is 4.57.